The van der Waals surface area contributed by atoms with Crippen LogP contribution >= 0.6 is 0 Å². The largest absolute Gasteiger partial charge is 0.426 e. The molecule has 1 atom stereocenters. The molecule has 4 aromatic rings. The van der Waals surface area contributed by atoms with Gasteiger partial charge in [0.05, 0.1) is 23.9 Å². The van der Waals surface area contributed by atoms with Gasteiger partial charge in [0.15, 0.2) is 0 Å². The molecule has 0 amide bonds. The van der Waals surface area contributed by atoms with Gasteiger partial charge in [0.1, 0.15) is 23.5 Å². The molecule has 0 bridgehead atoms. The Kier molecular flexibility index (Phi) is 10.7. The molecular weight excluding hydrogens is 656 g/mol. The van der Waals surface area contributed by atoms with E-state index in [0.717, 1.165) is 27.8 Å². The Morgan fingerprint density at radius 1 is 0.596 bits per heavy atom. The third kappa shape index (κ3) is 7.63. The lowest BCUT2D eigenvalue weighted by atomic mass is 9.82. The Bertz CT molecular complexity index is 2070. The van der Waals surface area contributed by atoms with Crippen molar-refractivity contribution in [1.82, 2.24) is 0 Å². The Labute approximate surface area is 303 Å². The Hall–Kier alpha value is -5.34. The van der Waals surface area contributed by atoms with E-state index in [-0.39, 0.29) is 41.8 Å². The summed E-state index contributed by atoms with van der Waals surface area (Å²) in [5.74, 6) is -0.794. The van der Waals surface area contributed by atoms with Crippen molar-refractivity contribution in [2.75, 3.05) is 7.11 Å². The number of benzene rings is 4. The van der Waals surface area contributed by atoms with Gasteiger partial charge in [0.25, 0.3) is 0 Å². The Balaban J connectivity index is 1.14. The van der Waals surface area contributed by atoms with Crippen molar-refractivity contribution >= 4 is 45.7 Å². The number of esters is 3. The molecule has 2 fully saturated rings. The third-order valence-corrected chi connectivity index (χ3v) is 10.6. The van der Waals surface area contributed by atoms with Crippen LogP contribution in [-0.4, -0.2) is 37.4 Å². The monoisotopic (exact) mass is 698 g/mol. The van der Waals surface area contributed by atoms with Crippen molar-refractivity contribution < 1.29 is 38.1 Å². The average molecular weight is 699 g/mol. The Morgan fingerprint density at radius 3 is 1.58 bits per heavy atom. The SMILES string of the molecule is COC1C=CC=C(OC(=O)C2CCC(C(=O)Oc3ccc4ccccc4c3-c3c(OC(=O)C4CCC(C=O)CC4)ccc4ccccc34)CC2)C=C1. The molecule has 52 heavy (non-hydrogen) atoms. The van der Waals surface area contributed by atoms with Crippen LogP contribution in [0.15, 0.2) is 109 Å². The number of hydrogen-bond donors (Lipinski definition) is 0. The number of carbonyl (C=O) groups excluding carboxylic acids is 4. The van der Waals surface area contributed by atoms with Gasteiger partial charge in [-0.2, -0.15) is 0 Å². The first kappa shape index (κ1) is 35.1. The van der Waals surface area contributed by atoms with Crippen LogP contribution in [0.5, 0.6) is 11.5 Å². The smallest absolute Gasteiger partial charge is 0.314 e. The molecule has 0 N–H and O–H groups in total. The molecule has 8 heteroatoms. The van der Waals surface area contributed by atoms with Crippen LogP contribution in [0.4, 0.5) is 0 Å². The van der Waals surface area contributed by atoms with Gasteiger partial charge in [0, 0.05) is 24.2 Å². The normalized spacial score (nSPS) is 23.0. The molecule has 0 saturated heterocycles. The summed E-state index contributed by atoms with van der Waals surface area (Å²) in [5, 5.41) is 3.61. The maximum absolute atomic E-state index is 13.9. The summed E-state index contributed by atoms with van der Waals surface area (Å²) in [6.45, 7) is 0. The molecule has 4 aromatic carbocycles. The summed E-state index contributed by atoms with van der Waals surface area (Å²) in [6, 6.07) is 23.2. The maximum atomic E-state index is 13.9. The predicted molar refractivity (Wildman–Crippen MR) is 198 cm³/mol. The van der Waals surface area contributed by atoms with E-state index in [9.17, 15) is 19.2 Å². The van der Waals surface area contributed by atoms with E-state index in [0.29, 0.717) is 79.8 Å². The first-order valence-corrected chi connectivity index (χ1v) is 18.2. The lowest BCUT2D eigenvalue weighted by Gasteiger charge is -2.27. The van der Waals surface area contributed by atoms with Crippen molar-refractivity contribution in [1.29, 1.82) is 0 Å². The number of fused-ring (bicyclic) bond motifs is 2. The molecule has 0 aromatic heterocycles. The zero-order valence-electron chi connectivity index (χ0n) is 29.2. The number of allylic oxidation sites excluding steroid dienone is 3. The fourth-order valence-corrected chi connectivity index (χ4v) is 7.62. The van der Waals surface area contributed by atoms with Crippen molar-refractivity contribution in [2.24, 2.45) is 23.7 Å². The molecule has 0 heterocycles. The molecule has 8 nitrogen and oxygen atoms in total. The Morgan fingerprint density at radius 2 is 1.08 bits per heavy atom. The van der Waals surface area contributed by atoms with Crippen LogP contribution in [0.2, 0.25) is 0 Å². The molecule has 0 aliphatic heterocycles. The van der Waals surface area contributed by atoms with E-state index in [2.05, 4.69) is 0 Å². The van der Waals surface area contributed by atoms with Crippen molar-refractivity contribution in [3.8, 4) is 22.6 Å². The minimum absolute atomic E-state index is 0.0132. The first-order valence-electron chi connectivity index (χ1n) is 18.2. The summed E-state index contributed by atoms with van der Waals surface area (Å²) in [5.41, 5.74) is 1.34. The first-order chi connectivity index (χ1) is 25.4. The molecule has 2 saturated carbocycles. The minimum atomic E-state index is -0.392. The van der Waals surface area contributed by atoms with E-state index in [1.165, 1.54) is 0 Å². The maximum Gasteiger partial charge on any atom is 0.314 e. The standard InChI is InChI=1S/C44H42O8/c1-49-34-9-6-10-35(24-23-34)50-42(46)32-17-19-33(20-18-32)44(48)52-39-26-22-30-8-3-5-12-37(30)41(39)40-36-11-4-2-7-29(36)21-25-38(40)51-43(47)31-15-13-28(27-45)14-16-31/h2-12,21-28,31-34H,13-20H2,1H3. The fraction of sp³-hybridized carbons (Fsp3) is 0.318. The van der Waals surface area contributed by atoms with Crippen LogP contribution in [0.1, 0.15) is 51.4 Å². The van der Waals surface area contributed by atoms with Gasteiger partial charge >= 0.3 is 17.9 Å². The van der Waals surface area contributed by atoms with Crippen molar-refractivity contribution in [3.05, 3.63) is 109 Å². The zero-order chi connectivity index (χ0) is 36.0. The van der Waals surface area contributed by atoms with Gasteiger partial charge < -0.3 is 23.7 Å². The van der Waals surface area contributed by atoms with E-state index in [4.69, 9.17) is 18.9 Å². The second kappa shape index (κ2) is 15.9. The molecule has 0 radical (unpaired) electrons. The molecule has 266 valence electrons. The van der Waals surface area contributed by atoms with Crippen molar-refractivity contribution in [2.45, 2.75) is 57.5 Å². The van der Waals surface area contributed by atoms with Gasteiger partial charge in [-0.3, -0.25) is 14.4 Å². The zero-order valence-corrected chi connectivity index (χ0v) is 29.2. The van der Waals surface area contributed by atoms with Gasteiger partial charge in [-0.15, -0.1) is 0 Å². The fourth-order valence-electron chi connectivity index (χ4n) is 7.62. The average Bonchev–Trinajstić information content (AvgIpc) is 3.43. The van der Waals surface area contributed by atoms with Gasteiger partial charge in [0.2, 0.25) is 0 Å². The molecule has 3 aliphatic carbocycles. The second-order valence-electron chi connectivity index (χ2n) is 13.9. The van der Waals surface area contributed by atoms with E-state index >= 15 is 0 Å². The summed E-state index contributed by atoms with van der Waals surface area (Å²) in [6.07, 6.45) is 14.3. The lowest BCUT2D eigenvalue weighted by molar-refractivity contribution is -0.148. The number of hydrogen-bond acceptors (Lipinski definition) is 8. The number of carbonyl (C=O) groups is 4. The minimum Gasteiger partial charge on any atom is -0.426 e. The van der Waals surface area contributed by atoms with E-state index in [1.807, 2.05) is 84.9 Å². The molecule has 7 rings (SSSR count). The van der Waals surface area contributed by atoms with Crippen LogP contribution < -0.4 is 9.47 Å². The van der Waals surface area contributed by atoms with Crippen LogP contribution in [0.3, 0.4) is 0 Å². The summed E-state index contributed by atoms with van der Waals surface area (Å²) >= 11 is 0. The highest BCUT2D eigenvalue weighted by Gasteiger charge is 2.34. The quantitative estimate of drug-likeness (QED) is 0.0970. The van der Waals surface area contributed by atoms with Crippen LogP contribution in [0, 0.1) is 23.7 Å². The van der Waals surface area contributed by atoms with Gasteiger partial charge in [-0.1, -0.05) is 72.8 Å². The number of rotatable bonds is 9. The van der Waals surface area contributed by atoms with Crippen LogP contribution in [0.25, 0.3) is 32.7 Å². The molecular formula is C44H42O8. The van der Waals surface area contributed by atoms with Gasteiger partial charge in [-0.05, 0) is 103 Å². The van der Waals surface area contributed by atoms with Crippen molar-refractivity contribution in [3.63, 3.8) is 0 Å². The number of ether oxygens (including phenoxy) is 4. The van der Waals surface area contributed by atoms with Gasteiger partial charge in [-0.25, -0.2) is 0 Å². The third-order valence-electron chi connectivity index (χ3n) is 10.6. The topological polar surface area (TPSA) is 105 Å². The summed E-state index contributed by atoms with van der Waals surface area (Å²) < 4.78 is 23.5. The highest BCUT2D eigenvalue weighted by molar-refractivity contribution is 6.10. The highest BCUT2D eigenvalue weighted by atomic mass is 16.5. The number of methoxy groups -OCH3 is 1. The van der Waals surface area contributed by atoms with E-state index in [1.54, 1.807) is 25.3 Å². The van der Waals surface area contributed by atoms with Crippen LogP contribution in [-0.2, 0) is 28.7 Å². The molecule has 3 aliphatic rings. The highest BCUT2D eigenvalue weighted by Crippen LogP contribution is 2.46. The number of aldehydes is 1. The predicted octanol–water partition coefficient (Wildman–Crippen LogP) is 8.85. The summed E-state index contributed by atoms with van der Waals surface area (Å²) in [4.78, 5) is 51.8. The summed E-state index contributed by atoms with van der Waals surface area (Å²) in [7, 11) is 1.61. The lowest BCUT2D eigenvalue weighted by Crippen LogP contribution is -2.29. The van der Waals surface area contributed by atoms with E-state index < -0.39 is 5.92 Å². The molecule has 0 spiro atoms. The second-order valence-corrected chi connectivity index (χ2v) is 13.9. The molecule has 1 unspecified atom stereocenters.